The Labute approximate surface area is 392 Å². The molecule has 0 spiro atoms. The van der Waals surface area contributed by atoms with Gasteiger partial charge in [0.25, 0.3) is 0 Å². The number of rotatable bonds is 5. The molecule has 10 aromatic carbocycles. The van der Waals surface area contributed by atoms with E-state index in [-0.39, 0.29) is 12.3 Å². The predicted octanol–water partition coefficient (Wildman–Crippen LogP) is 16.1. The molecule has 11 aromatic rings. The molecule has 2 aliphatic rings. The van der Waals surface area contributed by atoms with Crippen LogP contribution in [0, 0.1) is 6.92 Å². The second-order valence-electron chi connectivity index (χ2n) is 19.4. The topological polar surface area (TPSA) is 19.6 Å². The van der Waals surface area contributed by atoms with Crippen molar-refractivity contribution in [3.05, 3.63) is 223 Å². The molecular weight excluding hydrogens is 812 g/mol. The molecule has 0 bridgehead atoms. The largest absolute Gasteiger partial charge is 0.456 e. The van der Waals surface area contributed by atoms with E-state index >= 15 is 0 Å². The molecule has 0 saturated heterocycles. The normalized spacial score (nSPS) is 13.0. The first-order valence-electron chi connectivity index (χ1n) is 23.4. The number of benzene rings is 10. The molecule has 0 amide bonds. The van der Waals surface area contributed by atoms with Crippen LogP contribution in [-0.4, -0.2) is 6.85 Å². The summed E-state index contributed by atoms with van der Waals surface area (Å²) in [6.45, 7) is 9.01. The van der Waals surface area contributed by atoms with E-state index in [1.807, 2.05) is 0 Å². The lowest BCUT2D eigenvalue weighted by atomic mass is 9.43. The third-order valence-electron chi connectivity index (χ3n) is 14.2. The van der Waals surface area contributed by atoms with E-state index in [0.29, 0.717) is 0 Å². The number of hydrogen-bond donors (Lipinski definition) is 0. The maximum atomic E-state index is 6.95. The van der Waals surface area contributed by atoms with Gasteiger partial charge in [-0.25, -0.2) is 0 Å². The van der Waals surface area contributed by atoms with Gasteiger partial charge in [0.1, 0.15) is 11.2 Å². The number of hydrogen-bond acceptors (Lipinski definition) is 3. The third-order valence-corrected chi connectivity index (χ3v) is 14.2. The lowest BCUT2D eigenvalue weighted by Gasteiger charge is -2.46. The van der Waals surface area contributed by atoms with E-state index in [1.54, 1.807) is 0 Å². The smallest absolute Gasteiger partial charge is 0.333 e. The molecule has 67 heavy (non-hydrogen) atoms. The molecule has 0 fully saturated rings. The van der Waals surface area contributed by atoms with Crippen molar-refractivity contribution in [2.24, 2.45) is 0 Å². The minimum atomic E-state index is -0.168. The van der Waals surface area contributed by atoms with Crippen LogP contribution in [0.3, 0.4) is 0 Å². The SMILES string of the molecule is Cc1cc2c3c(c1)N(c1ccc(C(C)(C)C)cc1-c1ccccc1)c1c(ccc4oc5cc6ccccc6cc5c14)B3N(c1ccc(-c3ccccc3)cc1)c1ccc(-c3ccccc3)cc1-2. The second kappa shape index (κ2) is 15.0. The van der Waals surface area contributed by atoms with Gasteiger partial charge in [0, 0.05) is 33.6 Å². The van der Waals surface area contributed by atoms with Crippen LogP contribution >= 0.6 is 0 Å². The minimum Gasteiger partial charge on any atom is -0.456 e. The Bertz CT molecular complexity index is 3740. The Hall–Kier alpha value is -8.08. The van der Waals surface area contributed by atoms with E-state index < -0.39 is 0 Å². The molecular formula is C63H47BN2O. The fourth-order valence-corrected chi connectivity index (χ4v) is 11.0. The van der Waals surface area contributed by atoms with E-state index in [4.69, 9.17) is 4.42 Å². The maximum Gasteiger partial charge on any atom is 0.333 e. The van der Waals surface area contributed by atoms with Crippen LogP contribution in [0.5, 0.6) is 0 Å². The van der Waals surface area contributed by atoms with Gasteiger partial charge in [0.15, 0.2) is 0 Å². The highest BCUT2D eigenvalue weighted by atomic mass is 16.3. The summed E-state index contributed by atoms with van der Waals surface area (Å²) in [6, 6.07) is 78.5. The van der Waals surface area contributed by atoms with Crippen LogP contribution < -0.4 is 20.6 Å². The average molecular weight is 859 g/mol. The fourth-order valence-electron chi connectivity index (χ4n) is 11.0. The number of aryl methyl sites for hydroxylation is 1. The molecule has 4 heteroatoms. The van der Waals surface area contributed by atoms with Crippen molar-refractivity contribution in [3.63, 3.8) is 0 Å². The summed E-state index contributed by atoms with van der Waals surface area (Å²) in [5.74, 6) is 0. The van der Waals surface area contributed by atoms with Crippen molar-refractivity contribution >= 4 is 78.9 Å². The minimum absolute atomic E-state index is 0.0543. The molecule has 3 nitrogen and oxygen atoms in total. The van der Waals surface area contributed by atoms with Crippen molar-refractivity contribution < 1.29 is 4.42 Å². The summed E-state index contributed by atoms with van der Waals surface area (Å²) >= 11 is 0. The molecule has 2 aliphatic heterocycles. The first kappa shape index (κ1) is 39.3. The zero-order valence-electron chi connectivity index (χ0n) is 38.1. The van der Waals surface area contributed by atoms with Crippen LogP contribution in [0.25, 0.3) is 77.2 Å². The van der Waals surface area contributed by atoms with Crippen LogP contribution in [0.4, 0.5) is 28.4 Å². The van der Waals surface area contributed by atoms with Gasteiger partial charge in [-0.2, -0.15) is 0 Å². The summed E-state index contributed by atoms with van der Waals surface area (Å²) in [7, 11) is 0. The first-order valence-corrected chi connectivity index (χ1v) is 23.4. The van der Waals surface area contributed by atoms with Crippen molar-refractivity contribution in [1.82, 2.24) is 0 Å². The van der Waals surface area contributed by atoms with Crippen LogP contribution in [0.2, 0.25) is 0 Å². The van der Waals surface area contributed by atoms with Gasteiger partial charge in [-0.1, -0.05) is 172 Å². The first-order chi connectivity index (χ1) is 32.8. The van der Waals surface area contributed by atoms with E-state index in [1.165, 1.54) is 88.7 Å². The number of fused-ring (bicyclic) bond motifs is 9. The number of nitrogens with zero attached hydrogens (tertiary/aromatic N) is 2. The molecule has 0 saturated carbocycles. The molecule has 0 radical (unpaired) electrons. The Morgan fingerprint density at radius 2 is 1.06 bits per heavy atom. The molecule has 0 unspecified atom stereocenters. The summed E-state index contributed by atoms with van der Waals surface area (Å²) < 4.78 is 6.95. The standard InChI is InChI=1S/C63H47BN2O/c1-40-34-52-51-36-47(42-18-10-6-11-19-42)26-31-56(51)66(49-28-24-43(25-29-49)41-16-8-5-9-17-41)64-54-30-33-58-60(53-37-45-22-14-15-23-46(45)38-59(53)67-58)62(54)65(57(35-40)61(52)64)55-32-27-48(63(2,3)4)39-50(55)44-20-12-7-13-21-44/h5-39H,1-4H3. The molecule has 3 heterocycles. The average Bonchev–Trinajstić information content (AvgIpc) is 3.73. The number of anilines is 5. The summed E-state index contributed by atoms with van der Waals surface area (Å²) in [5.41, 5.74) is 22.2. The van der Waals surface area contributed by atoms with Crippen LogP contribution in [0.1, 0.15) is 31.9 Å². The van der Waals surface area contributed by atoms with Gasteiger partial charge in [-0.3, -0.25) is 0 Å². The highest BCUT2D eigenvalue weighted by molar-refractivity contribution is 6.94. The van der Waals surface area contributed by atoms with Gasteiger partial charge in [-0.15, -0.1) is 0 Å². The highest BCUT2D eigenvalue weighted by Crippen LogP contribution is 2.52. The lowest BCUT2D eigenvalue weighted by molar-refractivity contribution is 0.590. The van der Waals surface area contributed by atoms with Crippen molar-refractivity contribution in [1.29, 1.82) is 0 Å². The lowest BCUT2D eigenvalue weighted by Crippen LogP contribution is -2.61. The van der Waals surface area contributed by atoms with E-state index in [9.17, 15) is 0 Å². The Kier molecular flexibility index (Phi) is 8.79. The highest BCUT2D eigenvalue weighted by Gasteiger charge is 2.46. The van der Waals surface area contributed by atoms with Crippen molar-refractivity contribution in [3.8, 4) is 44.5 Å². The summed E-state index contributed by atoms with van der Waals surface area (Å²) in [6.07, 6.45) is 0. The molecule has 0 N–H and O–H groups in total. The quantitative estimate of drug-likeness (QED) is 0.161. The molecule has 13 rings (SSSR count). The zero-order valence-corrected chi connectivity index (χ0v) is 38.1. The van der Waals surface area contributed by atoms with E-state index in [0.717, 1.165) is 39.0 Å². The fraction of sp³-hybridized carbons (Fsp3) is 0.0794. The summed E-state index contributed by atoms with van der Waals surface area (Å²) in [4.78, 5) is 5.21. The Morgan fingerprint density at radius 3 is 1.76 bits per heavy atom. The molecule has 0 atom stereocenters. The van der Waals surface area contributed by atoms with Gasteiger partial charge in [-0.05, 0) is 139 Å². The van der Waals surface area contributed by atoms with Crippen molar-refractivity contribution in [2.45, 2.75) is 33.1 Å². The van der Waals surface area contributed by atoms with Gasteiger partial charge in [0.2, 0.25) is 0 Å². The zero-order chi connectivity index (χ0) is 45.0. The van der Waals surface area contributed by atoms with Gasteiger partial charge < -0.3 is 14.1 Å². The summed E-state index contributed by atoms with van der Waals surface area (Å²) in [5, 5.41) is 4.59. The third kappa shape index (κ3) is 6.27. The monoisotopic (exact) mass is 858 g/mol. The number of furan rings is 1. The van der Waals surface area contributed by atoms with Gasteiger partial charge >= 0.3 is 6.85 Å². The van der Waals surface area contributed by atoms with Crippen molar-refractivity contribution in [2.75, 3.05) is 9.71 Å². The van der Waals surface area contributed by atoms with Crippen LogP contribution in [-0.2, 0) is 5.41 Å². The Morgan fingerprint density at radius 1 is 0.448 bits per heavy atom. The predicted molar refractivity (Wildman–Crippen MR) is 285 cm³/mol. The molecule has 318 valence electrons. The second-order valence-corrected chi connectivity index (χ2v) is 19.4. The van der Waals surface area contributed by atoms with Crippen LogP contribution in [0.15, 0.2) is 217 Å². The molecule has 0 aliphatic carbocycles. The van der Waals surface area contributed by atoms with Gasteiger partial charge in [0.05, 0.1) is 16.8 Å². The molecule has 1 aromatic heterocycles. The van der Waals surface area contributed by atoms with E-state index in [2.05, 4.69) is 250 Å². The Balaban J connectivity index is 1.16. The maximum absolute atomic E-state index is 6.95.